The molecule has 0 radical (unpaired) electrons. The van der Waals surface area contributed by atoms with Gasteiger partial charge in [0, 0.05) is 5.02 Å². The quantitative estimate of drug-likeness (QED) is 0.866. The third-order valence-electron chi connectivity index (χ3n) is 3.77. The minimum atomic E-state index is -0.187. The second-order valence-electron chi connectivity index (χ2n) is 4.95. The molecule has 2 rings (SSSR count). The van der Waals surface area contributed by atoms with Crippen molar-refractivity contribution in [2.75, 3.05) is 13.6 Å². The first-order valence-electron chi connectivity index (χ1n) is 6.29. The van der Waals surface area contributed by atoms with Crippen molar-refractivity contribution in [3.63, 3.8) is 0 Å². The standard InChI is InChI=1S/C14H19ClFN/c1-17-9-11-4-2-3-10(11)7-12-8-13(16)5-6-14(12)15/h5-6,8,10-11,17H,2-4,7,9H2,1H3. The first-order chi connectivity index (χ1) is 8.20. The van der Waals surface area contributed by atoms with Crippen LogP contribution in [0.25, 0.3) is 0 Å². The van der Waals surface area contributed by atoms with E-state index in [1.54, 1.807) is 12.1 Å². The minimum absolute atomic E-state index is 0.187. The van der Waals surface area contributed by atoms with Gasteiger partial charge in [0.15, 0.2) is 0 Å². The first-order valence-corrected chi connectivity index (χ1v) is 6.67. The molecule has 0 saturated heterocycles. The van der Waals surface area contributed by atoms with E-state index >= 15 is 0 Å². The molecule has 3 heteroatoms. The normalized spacial score (nSPS) is 24.2. The van der Waals surface area contributed by atoms with E-state index in [9.17, 15) is 4.39 Å². The van der Waals surface area contributed by atoms with E-state index < -0.39 is 0 Å². The van der Waals surface area contributed by atoms with Gasteiger partial charge >= 0.3 is 0 Å². The fourth-order valence-electron chi connectivity index (χ4n) is 2.90. The largest absolute Gasteiger partial charge is 0.319 e. The van der Waals surface area contributed by atoms with Crippen LogP contribution in [-0.2, 0) is 6.42 Å². The van der Waals surface area contributed by atoms with Crippen LogP contribution in [0.1, 0.15) is 24.8 Å². The Kier molecular flexibility index (Phi) is 4.41. The second kappa shape index (κ2) is 5.83. The van der Waals surface area contributed by atoms with Gasteiger partial charge in [-0.05, 0) is 68.5 Å². The third-order valence-corrected chi connectivity index (χ3v) is 4.14. The predicted molar refractivity (Wildman–Crippen MR) is 69.9 cm³/mol. The molecule has 1 aliphatic rings. The number of nitrogens with one attached hydrogen (secondary N) is 1. The Hall–Kier alpha value is -0.600. The summed E-state index contributed by atoms with van der Waals surface area (Å²) in [5.74, 6) is 1.16. The molecule has 0 spiro atoms. The predicted octanol–water partition coefficient (Wildman–Crippen LogP) is 3.66. The Bertz CT molecular complexity index is 380. The highest BCUT2D eigenvalue weighted by molar-refractivity contribution is 6.31. The van der Waals surface area contributed by atoms with Gasteiger partial charge in [-0.3, -0.25) is 0 Å². The minimum Gasteiger partial charge on any atom is -0.319 e. The number of halogens is 2. The van der Waals surface area contributed by atoms with E-state index in [4.69, 9.17) is 11.6 Å². The van der Waals surface area contributed by atoms with Gasteiger partial charge in [0.05, 0.1) is 0 Å². The molecule has 0 aliphatic heterocycles. The highest BCUT2D eigenvalue weighted by Crippen LogP contribution is 2.35. The van der Waals surface area contributed by atoms with Gasteiger partial charge in [-0.1, -0.05) is 18.0 Å². The smallest absolute Gasteiger partial charge is 0.123 e. The lowest BCUT2D eigenvalue weighted by molar-refractivity contribution is 0.374. The molecule has 1 saturated carbocycles. The number of benzene rings is 1. The van der Waals surface area contributed by atoms with Gasteiger partial charge in [-0.15, -0.1) is 0 Å². The second-order valence-corrected chi connectivity index (χ2v) is 5.36. The van der Waals surface area contributed by atoms with Crippen LogP contribution in [0, 0.1) is 17.7 Å². The van der Waals surface area contributed by atoms with Crippen molar-refractivity contribution in [1.82, 2.24) is 5.32 Å². The maximum Gasteiger partial charge on any atom is 0.123 e. The van der Waals surface area contributed by atoms with E-state index in [1.807, 2.05) is 7.05 Å². The van der Waals surface area contributed by atoms with E-state index in [1.165, 1.54) is 25.3 Å². The summed E-state index contributed by atoms with van der Waals surface area (Å²) >= 11 is 6.12. The maximum atomic E-state index is 13.2. The van der Waals surface area contributed by atoms with E-state index in [-0.39, 0.29) is 5.82 Å². The molecule has 1 aromatic carbocycles. The molecule has 1 fully saturated rings. The van der Waals surface area contributed by atoms with E-state index in [0.29, 0.717) is 16.9 Å². The molecule has 94 valence electrons. The fraction of sp³-hybridized carbons (Fsp3) is 0.571. The first kappa shape index (κ1) is 12.8. The van der Waals surface area contributed by atoms with Crippen LogP contribution in [0.15, 0.2) is 18.2 Å². The Morgan fingerprint density at radius 3 is 2.88 bits per heavy atom. The van der Waals surface area contributed by atoms with Crippen LogP contribution in [0.3, 0.4) is 0 Å². The van der Waals surface area contributed by atoms with E-state index in [2.05, 4.69) is 5.32 Å². The Balaban J connectivity index is 2.06. The zero-order chi connectivity index (χ0) is 12.3. The SMILES string of the molecule is CNCC1CCCC1Cc1cc(F)ccc1Cl. The Labute approximate surface area is 107 Å². The number of hydrogen-bond acceptors (Lipinski definition) is 1. The molecule has 1 aliphatic carbocycles. The molecule has 0 bridgehead atoms. The summed E-state index contributed by atoms with van der Waals surface area (Å²) < 4.78 is 13.2. The molecule has 1 aromatic rings. The molecular formula is C14H19ClFN. The molecule has 1 nitrogen and oxygen atoms in total. The summed E-state index contributed by atoms with van der Waals surface area (Å²) in [5, 5.41) is 3.94. The van der Waals surface area contributed by atoms with Crippen LogP contribution < -0.4 is 5.32 Å². The van der Waals surface area contributed by atoms with Crippen molar-refractivity contribution in [1.29, 1.82) is 0 Å². The van der Waals surface area contributed by atoms with Crippen molar-refractivity contribution >= 4 is 11.6 Å². The van der Waals surface area contributed by atoms with Crippen LogP contribution in [-0.4, -0.2) is 13.6 Å². The average molecular weight is 256 g/mol. The zero-order valence-electron chi connectivity index (χ0n) is 10.2. The molecule has 0 amide bonds. The topological polar surface area (TPSA) is 12.0 Å². The lowest BCUT2D eigenvalue weighted by Crippen LogP contribution is -2.23. The van der Waals surface area contributed by atoms with Gasteiger partial charge in [0.2, 0.25) is 0 Å². The molecule has 0 aromatic heterocycles. The van der Waals surface area contributed by atoms with Gasteiger partial charge in [0.1, 0.15) is 5.82 Å². The van der Waals surface area contributed by atoms with Crippen molar-refractivity contribution < 1.29 is 4.39 Å². The maximum absolute atomic E-state index is 13.2. The summed E-state index contributed by atoms with van der Waals surface area (Å²) in [6.07, 6.45) is 4.70. The molecule has 17 heavy (non-hydrogen) atoms. The van der Waals surface area contributed by atoms with Crippen LogP contribution in [0.5, 0.6) is 0 Å². The average Bonchev–Trinajstić information content (AvgIpc) is 2.72. The van der Waals surface area contributed by atoms with Gasteiger partial charge in [-0.25, -0.2) is 4.39 Å². The zero-order valence-corrected chi connectivity index (χ0v) is 10.9. The molecule has 2 unspecified atom stereocenters. The van der Waals surface area contributed by atoms with Crippen molar-refractivity contribution in [3.8, 4) is 0 Å². The summed E-state index contributed by atoms with van der Waals surface area (Å²) in [4.78, 5) is 0. The van der Waals surface area contributed by atoms with Crippen molar-refractivity contribution in [3.05, 3.63) is 34.6 Å². The summed E-state index contributed by atoms with van der Waals surface area (Å²) in [7, 11) is 1.99. The van der Waals surface area contributed by atoms with Crippen molar-refractivity contribution in [2.45, 2.75) is 25.7 Å². The van der Waals surface area contributed by atoms with Crippen LogP contribution in [0.2, 0.25) is 5.02 Å². The van der Waals surface area contributed by atoms with Crippen LogP contribution >= 0.6 is 11.6 Å². The van der Waals surface area contributed by atoms with Gasteiger partial charge in [0.25, 0.3) is 0 Å². The molecule has 2 atom stereocenters. The highest BCUT2D eigenvalue weighted by Gasteiger charge is 2.27. The van der Waals surface area contributed by atoms with Crippen LogP contribution in [0.4, 0.5) is 4.39 Å². The van der Waals surface area contributed by atoms with Crippen molar-refractivity contribution in [2.24, 2.45) is 11.8 Å². The highest BCUT2D eigenvalue weighted by atomic mass is 35.5. The summed E-state index contributed by atoms with van der Waals surface area (Å²) in [6, 6.07) is 4.66. The molecular weight excluding hydrogens is 237 g/mol. The fourth-order valence-corrected chi connectivity index (χ4v) is 3.09. The third kappa shape index (κ3) is 3.20. The Morgan fingerprint density at radius 2 is 2.12 bits per heavy atom. The lowest BCUT2D eigenvalue weighted by atomic mass is 9.89. The summed E-state index contributed by atoms with van der Waals surface area (Å²) in [5.41, 5.74) is 0.958. The van der Waals surface area contributed by atoms with E-state index in [0.717, 1.165) is 18.5 Å². The molecule has 1 N–H and O–H groups in total. The van der Waals surface area contributed by atoms with Gasteiger partial charge < -0.3 is 5.32 Å². The molecule has 0 heterocycles. The Morgan fingerprint density at radius 1 is 1.35 bits per heavy atom. The van der Waals surface area contributed by atoms with Gasteiger partial charge in [-0.2, -0.15) is 0 Å². The summed E-state index contributed by atoms with van der Waals surface area (Å²) in [6.45, 7) is 1.05. The number of rotatable bonds is 4. The lowest BCUT2D eigenvalue weighted by Gasteiger charge is -2.19. The monoisotopic (exact) mass is 255 g/mol. The number of hydrogen-bond donors (Lipinski definition) is 1.